The molecule has 13 nitrogen and oxygen atoms in total. The van der Waals surface area contributed by atoms with Crippen molar-refractivity contribution in [1.29, 1.82) is 0 Å². The second-order valence-electron chi connectivity index (χ2n) is 12.9. The summed E-state index contributed by atoms with van der Waals surface area (Å²) in [6.45, 7) is 2.85. The number of hydrogen-bond acceptors (Lipinski definition) is 12. The maximum atomic E-state index is 12.7. The quantitative estimate of drug-likeness (QED) is 0.0223. The van der Waals surface area contributed by atoms with Gasteiger partial charge in [-0.3, -0.25) is 18.6 Å². The van der Waals surface area contributed by atoms with Crippen LogP contribution in [0.4, 0.5) is 0 Å². The number of aliphatic hydroxyl groups is 5. The summed E-state index contributed by atoms with van der Waals surface area (Å²) in [6.07, 6.45) is 31.4. The van der Waals surface area contributed by atoms with Gasteiger partial charge in [-0.25, -0.2) is 4.57 Å². The van der Waals surface area contributed by atoms with E-state index in [0.29, 0.717) is 19.3 Å². The first kappa shape index (κ1) is 51.3. The van der Waals surface area contributed by atoms with Crippen molar-refractivity contribution in [3.8, 4) is 0 Å². The van der Waals surface area contributed by atoms with Crippen molar-refractivity contribution in [3.63, 3.8) is 0 Å². The molecule has 14 heteroatoms. The van der Waals surface area contributed by atoms with Crippen molar-refractivity contribution in [2.45, 2.75) is 121 Å². The molecule has 318 valence electrons. The van der Waals surface area contributed by atoms with E-state index in [1.54, 1.807) is 0 Å². The molecular formula is C43H63O13P. The number of hydrogen-bond donors (Lipinski definition) is 6. The summed E-state index contributed by atoms with van der Waals surface area (Å²) in [5.41, 5.74) is 0. The lowest BCUT2D eigenvalue weighted by Gasteiger charge is -2.41. The van der Waals surface area contributed by atoms with Crippen molar-refractivity contribution >= 4 is 19.8 Å². The topological polar surface area (TPSA) is 210 Å². The molecule has 0 radical (unpaired) electrons. The molecular weight excluding hydrogens is 755 g/mol. The zero-order valence-electron chi connectivity index (χ0n) is 33.1. The maximum absolute atomic E-state index is 12.7. The van der Waals surface area contributed by atoms with Crippen LogP contribution >= 0.6 is 7.82 Å². The fourth-order valence-electron chi connectivity index (χ4n) is 4.92. The van der Waals surface area contributed by atoms with Gasteiger partial charge in [0.1, 0.15) is 43.2 Å². The highest BCUT2D eigenvalue weighted by Crippen LogP contribution is 2.47. The van der Waals surface area contributed by atoms with Crippen molar-refractivity contribution in [2.75, 3.05) is 13.2 Å². The van der Waals surface area contributed by atoms with Gasteiger partial charge in [-0.2, -0.15) is 0 Å². The van der Waals surface area contributed by atoms with Crippen molar-refractivity contribution in [1.82, 2.24) is 0 Å². The average molecular weight is 819 g/mol. The van der Waals surface area contributed by atoms with E-state index in [2.05, 4.69) is 19.9 Å². The van der Waals surface area contributed by atoms with Crippen LogP contribution in [0.2, 0.25) is 0 Å². The summed E-state index contributed by atoms with van der Waals surface area (Å²) in [7, 11) is -5.15. The molecule has 0 aromatic rings. The summed E-state index contributed by atoms with van der Waals surface area (Å²) in [6, 6.07) is 0. The number of allylic oxidation sites excluding steroid dienone is 20. The van der Waals surface area contributed by atoms with E-state index in [1.807, 2.05) is 115 Å². The molecule has 8 atom stereocenters. The fraction of sp³-hybridized carbons (Fsp3) is 0.488. The Balaban J connectivity index is 2.64. The predicted octanol–water partition coefficient (Wildman–Crippen LogP) is 6.26. The molecule has 0 bridgehead atoms. The van der Waals surface area contributed by atoms with Crippen molar-refractivity contribution in [2.24, 2.45) is 0 Å². The number of carbonyl (C=O) groups is 2. The lowest BCUT2D eigenvalue weighted by molar-refractivity contribution is -0.220. The molecule has 57 heavy (non-hydrogen) atoms. The molecule has 1 saturated carbocycles. The van der Waals surface area contributed by atoms with Crippen LogP contribution in [-0.2, 0) is 32.7 Å². The van der Waals surface area contributed by atoms with Gasteiger partial charge >= 0.3 is 19.8 Å². The Bertz CT molecular complexity index is 1460. The fourth-order valence-corrected chi connectivity index (χ4v) is 5.90. The summed E-state index contributed by atoms with van der Waals surface area (Å²) >= 11 is 0. The van der Waals surface area contributed by atoms with E-state index < -0.39 is 75.7 Å². The molecule has 7 unspecified atom stereocenters. The second kappa shape index (κ2) is 32.2. The standard InChI is InChI=1S/C43H63O13P/c1-3-5-7-9-11-13-15-17-18-20-21-23-25-27-29-31-36(44)53-33-35(34-54-57(51,52)56-43-41(49)39(47)38(46)40(48)42(43)50)55-37(45)32-30-28-26-24-22-19-16-14-12-10-8-6-4-2/h5-22,24,26,35,38-43,46-50H,3-4,23,25,27-34H2,1-2H3,(H,51,52)/b7-5+,8-6+,11-9+,12-10+,15-13+,16-14+,18-17+,21-20+,22-19+,26-24+/t35?,38?,39-,40?,41?,42?,43?/m0/s1. The maximum Gasteiger partial charge on any atom is 0.472 e. The molecule has 1 aliphatic carbocycles. The number of unbranched alkanes of at least 4 members (excludes halogenated alkanes) is 4. The molecule has 0 spiro atoms. The minimum absolute atomic E-state index is 0.0183. The van der Waals surface area contributed by atoms with Crippen LogP contribution in [-0.4, -0.2) is 98.3 Å². The number of rotatable bonds is 28. The molecule has 0 aliphatic heterocycles. The molecule has 0 amide bonds. The van der Waals surface area contributed by atoms with Crippen LogP contribution in [0.5, 0.6) is 0 Å². The number of phosphoric ester groups is 1. The summed E-state index contributed by atoms with van der Waals surface area (Å²) in [5.74, 6) is -1.26. The molecule has 6 N–H and O–H groups in total. The van der Waals surface area contributed by atoms with E-state index >= 15 is 0 Å². The van der Waals surface area contributed by atoms with Crippen LogP contribution in [0.15, 0.2) is 122 Å². The smallest absolute Gasteiger partial charge is 0.462 e. The van der Waals surface area contributed by atoms with Crippen molar-refractivity contribution in [3.05, 3.63) is 122 Å². The van der Waals surface area contributed by atoms with Gasteiger partial charge in [0, 0.05) is 12.8 Å². The van der Waals surface area contributed by atoms with Gasteiger partial charge in [-0.05, 0) is 44.9 Å². The third kappa shape index (κ3) is 25.3. The molecule has 0 heterocycles. The summed E-state index contributed by atoms with van der Waals surface area (Å²) in [5, 5.41) is 50.0. The van der Waals surface area contributed by atoms with Gasteiger partial charge in [-0.1, -0.05) is 142 Å². The van der Waals surface area contributed by atoms with E-state index in [0.717, 1.165) is 32.1 Å². The minimum atomic E-state index is -5.15. The van der Waals surface area contributed by atoms with Crippen LogP contribution in [0.1, 0.15) is 78.1 Å². The molecule has 1 rings (SSSR count). The van der Waals surface area contributed by atoms with E-state index in [9.17, 15) is 44.6 Å². The van der Waals surface area contributed by atoms with Gasteiger partial charge in [0.05, 0.1) is 6.61 Å². The minimum Gasteiger partial charge on any atom is -0.462 e. The first-order valence-electron chi connectivity index (χ1n) is 19.5. The second-order valence-corrected chi connectivity index (χ2v) is 14.3. The Morgan fingerprint density at radius 2 is 0.965 bits per heavy atom. The largest absolute Gasteiger partial charge is 0.472 e. The first-order valence-corrected chi connectivity index (χ1v) is 21.0. The zero-order chi connectivity index (χ0) is 42.2. The van der Waals surface area contributed by atoms with E-state index in [1.165, 1.54) is 0 Å². The van der Waals surface area contributed by atoms with Crippen LogP contribution < -0.4 is 0 Å². The van der Waals surface area contributed by atoms with Crippen molar-refractivity contribution < 1.29 is 63.1 Å². The predicted molar refractivity (Wildman–Crippen MR) is 220 cm³/mol. The summed E-state index contributed by atoms with van der Waals surface area (Å²) in [4.78, 5) is 35.5. The van der Waals surface area contributed by atoms with E-state index in [4.69, 9.17) is 18.5 Å². The first-order chi connectivity index (χ1) is 27.4. The zero-order valence-corrected chi connectivity index (χ0v) is 34.0. The third-order valence-electron chi connectivity index (χ3n) is 8.05. The van der Waals surface area contributed by atoms with Crippen LogP contribution in [0.25, 0.3) is 0 Å². The molecule has 1 fully saturated rings. The highest BCUT2D eigenvalue weighted by Gasteiger charge is 2.51. The Morgan fingerprint density at radius 3 is 1.46 bits per heavy atom. The van der Waals surface area contributed by atoms with Gasteiger partial charge in [0.15, 0.2) is 6.10 Å². The van der Waals surface area contributed by atoms with Gasteiger partial charge in [-0.15, -0.1) is 0 Å². The lowest BCUT2D eigenvalue weighted by atomic mass is 9.85. The van der Waals surface area contributed by atoms with E-state index in [-0.39, 0.29) is 12.8 Å². The van der Waals surface area contributed by atoms with Gasteiger partial charge in [0.25, 0.3) is 0 Å². The Morgan fingerprint density at radius 1 is 0.544 bits per heavy atom. The number of aliphatic hydroxyl groups excluding tert-OH is 5. The molecule has 0 aromatic carbocycles. The molecule has 1 aliphatic rings. The number of phosphoric acid groups is 1. The third-order valence-corrected chi connectivity index (χ3v) is 9.04. The van der Waals surface area contributed by atoms with Crippen LogP contribution in [0.3, 0.4) is 0 Å². The molecule has 0 saturated heterocycles. The van der Waals surface area contributed by atoms with Gasteiger partial charge < -0.3 is 39.9 Å². The van der Waals surface area contributed by atoms with Crippen LogP contribution in [0, 0.1) is 0 Å². The Kier molecular flexibility index (Phi) is 29.0. The summed E-state index contributed by atoms with van der Waals surface area (Å²) < 4.78 is 33.2. The average Bonchev–Trinajstić information content (AvgIpc) is 3.19. The monoisotopic (exact) mass is 818 g/mol. The highest BCUT2D eigenvalue weighted by atomic mass is 31.2. The molecule has 0 aromatic heterocycles. The van der Waals surface area contributed by atoms with Gasteiger partial charge in [0.2, 0.25) is 0 Å². The SMILES string of the molecule is CC/C=C/C=C/C=C/C=C/C=C/CCCCCC(=O)OCC(COP(=O)(O)OC1C(O)C(O)C(O)[C@H](O)C1O)OC(=O)CCC/C=C/C=C/C=C/C=C/C=C/CC. The highest BCUT2D eigenvalue weighted by molar-refractivity contribution is 7.47. The number of esters is 2. The Hall–Kier alpha value is -3.75. The lowest BCUT2D eigenvalue weighted by Crippen LogP contribution is -2.64. The Labute approximate surface area is 337 Å². The number of ether oxygens (including phenoxy) is 2. The number of carbonyl (C=O) groups excluding carboxylic acids is 2. The normalized spacial score (nSPS) is 24.0.